The fourth-order valence-electron chi connectivity index (χ4n) is 3.68. The number of hydrogen-bond donors (Lipinski definition) is 3. The summed E-state index contributed by atoms with van der Waals surface area (Å²) in [6.07, 6.45) is 3.09. The molecule has 27 heavy (non-hydrogen) atoms. The molecule has 2 rings (SSSR count). The second-order valence-corrected chi connectivity index (χ2v) is 8.23. The molecule has 1 saturated heterocycles. The molecule has 1 heterocycles. The minimum Gasteiger partial charge on any atom is -0.354 e. The van der Waals surface area contributed by atoms with Gasteiger partial charge in [-0.15, -0.1) is 24.8 Å². The van der Waals surface area contributed by atoms with Crippen LogP contribution >= 0.6 is 24.8 Å². The van der Waals surface area contributed by atoms with E-state index in [1.807, 2.05) is 6.07 Å². The van der Waals surface area contributed by atoms with Crippen LogP contribution in [0.15, 0.2) is 30.3 Å². The van der Waals surface area contributed by atoms with E-state index < -0.39 is 0 Å². The lowest BCUT2D eigenvalue weighted by Gasteiger charge is -2.31. The number of rotatable bonds is 8. The lowest BCUT2D eigenvalue weighted by molar-refractivity contribution is -0.122. The molecule has 1 aliphatic rings. The zero-order valence-corrected chi connectivity index (χ0v) is 18.7. The van der Waals surface area contributed by atoms with E-state index in [9.17, 15) is 4.79 Å². The molecule has 1 aromatic rings. The van der Waals surface area contributed by atoms with E-state index in [0.717, 1.165) is 13.1 Å². The first kappa shape index (κ1) is 26.2. The van der Waals surface area contributed by atoms with Gasteiger partial charge in [-0.1, -0.05) is 37.3 Å². The summed E-state index contributed by atoms with van der Waals surface area (Å²) in [5.41, 5.74) is 1.11. The maximum absolute atomic E-state index is 12.3. The van der Waals surface area contributed by atoms with Crippen molar-refractivity contribution in [2.45, 2.75) is 58.5 Å². The second-order valence-electron chi connectivity index (χ2n) is 8.23. The molecule has 0 aromatic heterocycles. The van der Waals surface area contributed by atoms with Gasteiger partial charge in [0.15, 0.2) is 0 Å². The Balaban J connectivity index is 0.00000338. The maximum atomic E-state index is 12.3. The fraction of sp³-hybridized carbons (Fsp3) is 0.667. The zero-order chi connectivity index (χ0) is 18.3. The Labute approximate surface area is 177 Å². The van der Waals surface area contributed by atoms with E-state index in [2.05, 4.69) is 67.9 Å². The fourth-order valence-corrected chi connectivity index (χ4v) is 3.68. The van der Waals surface area contributed by atoms with Crippen molar-refractivity contribution < 1.29 is 4.79 Å². The first-order valence-electron chi connectivity index (χ1n) is 9.67. The molecule has 4 nitrogen and oxygen atoms in total. The van der Waals surface area contributed by atoms with E-state index in [-0.39, 0.29) is 42.3 Å². The minimum atomic E-state index is -0.152. The molecular weight excluding hydrogens is 381 g/mol. The predicted molar refractivity (Wildman–Crippen MR) is 119 cm³/mol. The zero-order valence-electron chi connectivity index (χ0n) is 17.1. The van der Waals surface area contributed by atoms with Crippen molar-refractivity contribution in [2.24, 2.45) is 11.8 Å². The average Bonchev–Trinajstić information content (AvgIpc) is 2.61. The minimum absolute atomic E-state index is 0. The van der Waals surface area contributed by atoms with E-state index in [0.29, 0.717) is 24.8 Å². The lowest BCUT2D eigenvalue weighted by Crippen LogP contribution is -2.50. The molecule has 0 spiro atoms. The first-order valence-corrected chi connectivity index (χ1v) is 9.67. The summed E-state index contributed by atoms with van der Waals surface area (Å²) in [6.45, 7) is 11.5. The molecule has 3 unspecified atom stereocenters. The molecule has 3 atom stereocenters. The molecule has 0 aliphatic carbocycles. The van der Waals surface area contributed by atoms with Crippen LogP contribution in [0.1, 0.15) is 58.6 Å². The Hall–Kier alpha value is -0.810. The first-order chi connectivity index (χ1) is 11.9. The van der Waals surface area contributed by atoms with Gasteiger partial charge in [0.25, 0.3) is 0 Å². The van der Waals surface area contributed by atoms with Crippen LogP contribution in [0.3, 0.4) is 0 Å². The van der Waals surface area contributed by atoms with Gasteiger partial charge in [-0.3, -0.25) is 4.79 Å². The molecule has 156 valence electrons. The van der Waals surface area contributed by atoms with Crippen molar-refractivity contribution in [3.8, 4) is 0 Å². The van der Waals surface area contributed by atoms with E-state index in [1.54, 1.807) is 0 Å². The van der Waals surface area contributed by atoms with E-state index >= 15 is 0 Å². The van der Waals surface area contributed by atoms with Crippen molar-refractivity contribution in [3.63, 3.8) is 0 Å². The summed E-state index contributed by atoms with van der Waals surface area (Å²) in [6, 6.07) is 10.7. The van der Waals surface area contributed by atoms with E-state index in [1.165, 1.54) is 18.4 Å². The van der Waals surface area contributed by atoms with Crippen LogP contribution < -0.4 is 16.0 Å². The summed E-state index contributed by atoms with van der Waals surface area (Å²) in [5.74, 6) is 1.23. The number of amides is 1. The van der Waals surface area contributed by atoms with Crippen LogP contribution in [0, 0.1) is 11.8 Å². The second kappa shape index (κ2) is 12.6. The topological polar surface area (TPSA) is 53.2 Å². The highest BCUT2D eigenvalue weighted by Gasteiger charge is 2.24. The van der Waals surface area contributed by atoms with Gasteiger partial charge in [0, 0.05) is 24.5 Å². The smallest absolute Gasteiger partial charge is 0.220 e. The average molecular weight is 418 g/mol. The van der Waals surface area contributed by atoms with Gasteiger partial charge < -0.3 is 16.0 Å². The maximum Gasteiger partial charge on any atom is 0.220 e. The van der Waals surface area contributed by atoms with Gasteiger partial charge in [0.1, 0.15) is 0 Å². The van der Waals surface area contributed by atoms with Gasteiger partial charge in [0.2, 0.25) is 5.91 Å². The molecule has 6 heteroatoms. The molecule has 1 amide bonds. The van der Waals surface area contributed by atoms with Gasteiger partial charge in [-0.2, -0.15) is 0 Å². The molecule has 1 aromatic carbocycles. The van der Waals surface area contributed by atoms with Crippen molar-refractivity contribution in [3.05, 3.63) is 35.9 Å². The Kier molecular flexibility index (Phi) is 12.2. The SMILES string of the molecule is CC(NC(C)(C)CNC(=O)CC(C)C1CCCNC1)c1ccccc1.Cl.Cl. The quantitative estimate of drug-likeness (QED) is 0.596. The van der Waals surface area contributed by atoms with Crippen LogP contribution in [-0.2, 0) is 4.79 Å². The lowest BCUT2D eigenvalue weighted by atomic mass is 9.85. The molecular formula is C21H37Cl2N3O. The molecule has 1 fully saturated rings. The molecule has 0 bridgehead atoms. The molecule has 0 radical (unpaired) electrons. The standard InChI is InChI=1S/C21H35N3O.2ClH/c1-16(19-11-8-12-22-14-19)13-20(25)23-15-21(3,4)24-17(2)18-9-6-5-7-10-18;;/h5-7,9-10,16-17,19,22,24H,8,11-15H2,1-4H3,(H,23,25);2*1H. The number of halogens is 2. The highest BCUT2D eigenvalue weighted by molar-refractivity contribution is 5.85. The van der Waals surface area contributed by atoms with Crippen LogP contribution in [0.4, 0.5) is 0 Å². The van der Waals surface area contributed by atoms with Crippen molar-refractivity contribution in [2.75, 3.05) is 19.6 Å². The van der Waals surface area contributed by atoms with Gasteiger partial charge in [-0.25, -0.2) is 0 Å². The Bertz CT molecular complexity index is 533. The normalized spacial score (nSPS) is 19.2. The Morgan fingerprint density at radius 3 is 2.48 bits per heavy atom. The third-order valence-electron chi connectivity index (χ3n) is 5.28. The monoisotopic (exact) mass is 417 g/mol. The van der Waals surface area contributed by atoms with Gasteiger partial charge in [0.05, 0.1) is 0 Å². The summed E-state index contributed by atoms with van der Waals surface area (Å²) in [4.78, 5) is 12.3. The van der Waals surface area contributed by atoms with Gasteiger partial charge >= 0.3 is 0 Å². The highest BCUT2D eigenvalue weighted by Crippen LogP contribution is 2.22. The molecule has 3 N–H and O–H groups in total. The Morgan fingerprint density at radius 1 is 1.22 bits per heavy atom. The van der Waals surface area contributed by atoms with Crippen LogP contribution in [0.2, 0.25) is 0 Å². The predicted octanol–water partition coefficient (Wildman–Crippen LogP) is 4.10. The number of carbonyl (C=O) groups is 1. The van der Waals surface area contributed by atoms with Crippen molar-refractivity contribution in [1.82, 2.24) is 16.0 Å². The third-order valence-corrected chi connectivity index (χ3v) is 5.28. The van der Waals surface area contributed by atoms with E-state index in [4.69, 9.17) is 0 Å². The van der Waals surface area contributed by atoms with Crippen LogP contribution in [-0.4, -0.2) is 31.1 Å². The van der Waals surface area contributed by atoms with Crippen LogP contribution in [0.25, 0.3) is 0 Å². The largest absolute Gasteiger partial charge is 0.354 e. The summed E-state index contributed by atoms with van der Waals surface area (Å²) >= 11 is 0. The van der Waals surface area contributed by atoms with Gasteiger partial charge in [-0.05, 0) is 64.1 Å². The highest BCUT2D eigenvalue weighted by atomic mass is 35.5. The number of carbonyl (C=O) groups excluding carboxylic acids is 1. The number of piperidine rings is 1. The summed E-state index contributed by atoms with van der Waals surface area (Å²) < 4.78 is 0. The molecule has 1 aliphatic heterocycles. The van der Waals surface area contributed by atoms with Crippen molar-refractivity contribution >= 4 is 30.7 Å². The van der Waals surface area contributed by atoms with Crippen molar-refractivity contribution in [1.29, 1.82) is 0 Å². The molecule has 0 saturated carbocycles. The Morgan fingerprint density at radius 2 is 1.89 bits per heavy atom. The number of hydrogen-bond acceptors (Lipinski definition) is 3. The number of nitrogens with one attached hydrogen (secondary N) is 3. The summed E-state index contributed by atoms with van der Waals surface area (Å²) in [7, 11) is 0. The van der Waals surface area contributed by atoms with Crippen LogP contribution in [0.5, 0.6) is 0 Å². The summed E-state index contributed by atoms with van der Waals surface area (Å²) in [5, 5.41) is 10.2. The number of benzene rings is 1. The third kappa shape index (κ3) is 9.29.